The molecule has 1 aromatic heterocycles. The largest absolute Gasteiger partial charge is 0.490 e. The van der Waals surface area contributed by atoms with Gasteiger partial charge in [0.25, 0.3) is 0 Å². The summed E-state index contributed by atoms with van der Waals surface area (Å²) in [5, 5.41) is 0.937. The average molecular weight is 319 g/mol. The van der Waals surface area contributed by atoms with Crippen LogP contribution in [0.15, 0.2) is 28.7 Å². The predicted molar refractivity (Wildman–Crippen MR) is 89.5 cm³/mol. The van der Waals surface area contributed by atoms with Gasteiger partial charge in [0.2, 0.25) is 5.78 Å². The second-order valence-electron chi connectivity index (χ2n) is 6.06. The Hall–Kier alpha value is -1.46. The van der Waals surface area contributed by atoms with Crippen molar-refractivity contribution < 1.29 is 13.9 Å². The normalized spacial score (nSPS) is 21.1. The minimum Gasteiger partial charge on any atom is -0.490 e. The lowest BCUT2D eigenvalue weighted by Gasteiger charge is -2.35. The molecule has 2 aromatic rings. The van der Waals surface area contributed by atoms with Crippen molar-refractivity contribution in [2.24, 2.45) is 5.92 Å². The molecule has 1 aliphatic carbocycles. The first-order valence-electron chi connectivity index (χ1n) is 7.59. The van der Waals surface area contributed by atoms with Gasteiger partial charge in [-0.2, -0.15) is 0 Å². The third kappa shape index (κ3) is 3.15. The summed E-state index contributed by atoms with van der Waals surface area (Å²) < 4.78 is 15.0. The summed E-state index contributed by atoms with van der Waals surface area (Å²) in [7, 11) is 0. The third-order valence-corrected chi connectivity index (χ3v) is 4.51. The molecule has 0 saturated heterocycles. The van der Waals surface area contributed by atoms with E-state index in [1.165, 1.54) is 0 Å². The molecule has 1 aliphatic rings. The van der Waals surface area contributed by atoms with E-state index in [-0.39, 0.29) is 17.8 Å². The van der Waals surface area contributed by atoms with Crippen molar-refractivity contribution in [3.8, 4) is 5.75 Å². The first kappa shape index (κ1) is 15.4. The maximum Gasteiger partial charge on any atom is 0.200 e. The van der Waals surface area contributed by atoms with Crippen molar-refractivity contribution in [3.05, 3.63) is 30.0 Å². The van der Waals surface area contributed by atoms with E-state index in [2.05, 4.69) is 4.72 Å². The van der Waals surface area contributed by atoms with E-state index < -0.39 is 0 Å². The summed E-state index contributed by atoms with van der Waals surface area (Å²) in [6.45, 7) is 3.75. The summed E-state index contributed by atoms with van der Waals surface area (Å²) >= 11 is 1.65. The molecule has 0 aliphatic heterocycles. The molecule has 0 atom stereocenters. The van der Waals surface area contributed by atoms with Gasteiger partial charge in [-0.15, -0.1) is 0 Å². The number of furan rings is 1. The number of carbonyl (C=O) groups is 1. The molecule has 1 N–H and O–H groups in total. The van der Waals surface area contributed by atoms with E-state index in [4.69, 9.17) is 9.15 Å². The van der Waals surface area contributed by atoms with Gasteiger partial charge >= 0.3 is 0 Å². The van der Waals surface area contributed by atoms with Crippen LogP contribution in [0.3, 0.4) is 0 Å². The van der Waals surface area contributed by atoms with Crippen LogP contribution in [0.4, 0.5) is 0 Å². The Morgan fingerprint density at radius 2 is 2.14 bits per heavy atom. The number of hydrogen-bond acceptors (Lipinski definition) is 5. The standard InChI is InChI=1S/C17H21NO3S/c1-10(2)17(19)16-6-11-4-5-13(9-15(11)21-16)20-14-7-12(8-14)18-22-3/h4-6,9-10,12,14,18H,7-8H2,1-3H3. The zero-order chi connectivity index (χ0) is 15.7. The number of rotatable bonds is 6. The fourth-order valence-corrected chi connectivity index (χ4v) is 3.13. The zero-order valence-corrected chi connectivity index (χ0v) is 13.9. The fourth-order valence-electron chi connectivity index (χ4n) is 2.61. The van der Waals surface area contributed by atoms with Crippen molar-refractivity contribution in [1.29, 1.82) is 0 Å². The van der Waals surface area contributed by atoms with Gasteiger partial charge in [0, 0.05) is 36.3 Å². The molecule has 22 heavy (non-hydrogen) atoms. The van der Waals surface area contributed by atoms with Gasteiger partial charge in [-0.1, -0.05) is 25.8 Å². The summed E-state index contributed by atoms with van der Waals surface area (Å²) in [6.07, 6.45) is 4.34. The molecular weight excluding hydrogens is 298 g/mol. The average Bonchev–Trinajstić information content (AvgIpc) is 2.87. The Balaban J connectivity index is 1.69. The van der Waals surface area contributed by atoms with Crippen LogP contribution < -0.4 is 9.46 Å². The van der Waals surface area contributed by atoms with Crippen molar-refractivity contribution >= 4 is 28.7 Å². The van der Waals surface area contributed by atoms with Gasteiger partial charge in [0.05, 0.1) is 0 Å². The van der Waals surface area contributed by atoms with Crippen LogP contribution in [0.2, 0.25) is 0 Å². The van der Waals surface area contributed by atoms with Crippen LogP contribution in [0.25, 0.3) is 11.0 Å². The highest BCUT2D eigenvalue weighted by atomic mass is 32.2. The molecule has 118 valence electrons. The highest BCUT2D eigenvalue weighted by Crippen LogP contribution is 2.30. The summed E-state index contributed by atoms with van der Waals surface area (Å²) in [5.74, 6) is 1.20. The first-order chi connectivity index (χ1) is 10.6. The summed E-state index contributed by atoms with van der Waals surface area (Å²) in [5.41, 5.74) is 0.708. The molecule has 0 unspecified atom stereocenters. The van der Waals surface area contributed by atoms with E-state index in [1.807, 2.05) is 44.4 Å². The SMILES string of the molecule is CSNC1CC(Oc2ccc3cc(C(=O)C(C)C)oc3c2)C1. The molecule has 1 fully saturated rings. The number of Topliss-reactive ketones (excluding diaryl/α,β-unsaturated/α-hetero) is 1. The number of ketones is 1. The maximum absolute atomic E-state index is 12.0. The number of fused-ring (bicyclic) bond motifs is 1. The van der Waals surface area contributed by atoms with Crippen LogP contribution in [0.5, 0.6) is 5.75 Å². The third-order valence-electron chi connectivity index (χ3n) is 3.94. The molecule has 0 bridgehead atoms. The van der Waals surface area contributed by atoms with Crippen LogP contribution >= 0.6 is 11.9 Å². The van der Waals surface area contributed by atoms with Gasteiger partial charge in [0.1, 0.15) is 17.4 Å². The highest BCUT2D eigenvalue weighted by Gasteiger charge is 2.30. The van der Waals surface area contributed by atoms with Gasteiger partial charge in [-0.05, 0) is 24.5 Å². The van der Waals surface area contributed by atoms with E-state index in [9.17, 15) is 4.79 Å². The van der Waals surface area contributed by atoms with Crippen molar-refractivity contribution in [2.75, 3.05) is 6.26 Å². The summed E-state index contributed by atoms with van der Waals surface area (Å²) in [4.78, 5) is 12.0. The Morgan fingerprint density at radius 3 is 2.82 bits per heavy atom. The zero-order valence-electron chi connectivity index (χ0n) is 13.1. The molecule has 1 saturated carbocycles. The smallest absolute Gasteiger partial charge is 0.200 e. The number of hydrogen-bond donors (Lipinski definition) is 1. The van der Waals surface area contributed by atoms with E-state index in [1.54, 1.807) is 11.9 Å². The molecule has 0 amide bonds. The lowest BCUT2D eigenvalue weighted by Crippen LogP contribution is -2.44. The summed E-state index contributed by atoms with van der Waals surface area (Å²) in [6, 6.07) is 8.12. The Morgan fingerprint density at radius 1 is 1.36 bits per heavy atom. The molecule has 5 heteroatoms. The number of nitrogens with one attached hydrogen (secondary N) is 1. The van der Waals surface area contributed by atoms with Crippen LogP contribution in [-0.4, -0.2) is 24.2 Å². The second-order valence-corrected chi connectivity index (χ2v) is 6.70. The number of benzene rings is 1. The van der Waals surface area contributed by atoms with E-state index in [0.29, 0.717) is 17.4 Å². The van der Waals surface area contributed by atoms with Crippen LogP contribution in [-0.2, 0) is 0 Å². The van der Waals surface area contributed by atoms with Gasteiger partial charge < -0.3 is 9.15 Å². The Kier molecular flexibility index (Phi) is 4.45. The lowest BCUT2D eigenvalue weighted by molar-refractivity contribution is 0.0911. The topological polar surface area (TPSA) is 51.5 Å². The predicted octanol–water partition coefficient (Wildman–Crippen LogP) is 4.05. The molecule has 1 heterocycles. The Labute approximate surface area is 134 Å². The molecule has 3 rings (SSSR count). The minimum absolute atomic E-state index is 0.0312. The van der Waals surface area contributed by atoms with E-state index in [0.717, 1.165) is 24.0 Å². The quantitative estimate of drug-likeness (QED) is 0.643. The molecule has 4 nitrogen and oxygen atoms in total. The molecule has 1 aromatic carbocycles. The molecule has 0 spiro atoms. The maximum atomic E-state index is 12.0. The minimum atomic E-state index is -0.0628. The van der Waals surface area contributed by atoms with Crippen LogP contribution in [0, 0.1) is 5.92 Å². The number of carbonyl (C=O) groups excluding carboxylic acids is 1. The van der Waals surface area contributed by atoms with Crippen molar-refractivity contribution in [3.63, 3.8) is 0 Å². The van der Waals surface area contributed by atoms with Crippen molar-refractivity contribution in [2.45, 2.75) is 38.8 Å². The van der Waals surface area contributed by atoms with Gasteiger partial charge in [-0.3, -0.25) is 9.52 Å². The highest BCUT2D eigenvalue weighted by molar-refractivity contribution is 7.96. The second kappa shape index (κ2) is 6.34. The van der Waals surface area contributed by atoms with Gasteiger partial charge in [0.15, 0.2) is 5.76 Å². The van der Waals surface area contributed by atoms with Gasteiger partial charge in [-0.25, -0.2) is 0 Å². The lowest BCUT2D eigenvalue weighted by atomic mass is 9.90. The van der Waals surface area contributed by atoms with E-state index >= 15 is 0 Å². The van der Waals surface area contributed by atoms with Crippen LogP contribution in [0.1, 0.15) is 37.2 Å². The first-order valence-corrected chi connectivity index (χ1v) is 8.82. The fraction of sp³-hybridized carbons (Fsp3) is 0.471. The molecule has 0 radical (unpaired) electrons. The monoisotopic (exact) mass is 319 g/mol. The molecular formula is C17H21NO3S. The number of ether oxygens (including phenoxy) is 1. The van der Waals surface area contributed by atoms with Crippen molar-refractivity contribution in [1.82, 2.24) is 4.72 Å². The Bertz CT molecular complexity index is 674.